The van der Waals surface area contributed by atoms with Gasteiger partial charge in [-0.3, -0.25) is 10.8 Å². The summed E-state index contributed by atoms with van der Waals surface area (Å²) in [7, 11) is 1.44. The fourth-order valence-corrected chi connectivity index (χ4v) is 1.21. The molecule has 19 heavy (non-hydrogen) atoms. The van der Waals surface area contributed by atoms with Crippen molar-refractivity contribution in [1.29, 1.82) is 0 Å². The van der Waals surface area contributed by atoms with Gasteiger partial charge < -0.3 is 10.2 Å². The molecule has 0 aliphatic carbocycles. The van der Waals surface area contributed by atoms with Crippen LogP contribution in [0.4, 0.5) is 8.78 Å². The predicted molar refractivity (Wildman–Crippen MR) is 70.6 cm³/mol. The minimum Gasteiger partial charge on any atom is -0.433 e. The second kappa shape index (κ2) is 6.65. The molecular weight excluding hydrogens is 252 g/mol. The monoisotopic (exact) mass is 267 g/mol. The standard InChI is InChI=1S/C13H15F2N3O/c1-8(9(2)18-16)7-12(17-3)19-13-10(14)5-4-6-11(13)15/h4-7,18H,2,16H2,1,3H3/b8-7-,17-12+. The van der Waals surface area contributed by atoms with Gasteiger partial charge in [-0.05, 0) is 24.6 Å². The fourth-order valence-electron chi connectivity index (χ4n) is 1.21. The highest BCUT2D eigenvalue weighted by molar-refractivity contribution is 5.90. The minimum atomic E-state index is -0.803. The number of hydrogen-bond acceptors (Lipinski definition) is 4. The Bertz CT molecular complexity index is 518. The van der Waals surface area contributed by atoms with E-state index in [0.29, 0.717) is 11.3 Å². The third-order valence-electron chi connectivity index (χ3n) is 2.34. The number of allylic oxidation sites excluding steroid dienone is 1. The summed E-state index contributed by atoms with van der Waals surface area (Å²) in [6.45, 7) is 5.34. The number of nitrogens with two attached hydrogens (primary N) is 1. The Morgan fingerprint density at radius 1 is 1.42 bits per heavy atom. The molecule has 1 rings (SSSR count). The van der Waals surface area contributed by atoms with E-state index in [-0.39, 0.29) is 5.90 Å². The van der Waals surface area contributed by atoms with Crippen molar-refractivity contribution in [2.45, 2.75) is 6.92 Å². The van der Waals surface area contributed by atoms with E-state index in [1.54, 1.807) is 6.92 Å². The maximum atomic E-state index is 13.4. The Labute approximate surface area is 110 Å². The van der Waals surface area contributed by atoms with Crippen molar-refractivity contribution in [3.05, 3.63) is 53.8 Å². The molecule has 0 saturated carbocycles. The highest BCUT2D eigenvalue weighted by Gasteiger charge is 2.12. The molecule has 0 aliphatic heterocycles. The highest BCUT2D eigenvalue weighted by Crippen LogP contribution is 2.21. The predicted octanol–water partition coefficient (Wildman–Crippen LogP) is 2.30. The number of benzene rings is 1. The summed E-state index contributed by atoms with van der Waals surface area (Å²) in [4.78, 5) is 3.80. The molecule has 102 valence electrons. The zero-order valence-corrected chi connectivity index (χ0v) is 10.7. The second-order valence-electron chi connectivity index (χ2n) is 3.66. The molecule has 6 heteroatoms. The first-order valence-corrected chi connectivity index (χ1v) is 5.42. The van der Waals surface area contributed by atoms with Gasteiger partial charge in [0.25, 0.3) is 0 Å². The molecule has 0 aliphatic rings. The van der Waals surface area contributed by atoms with Crippen molar-refractivity contribution >= 4 is 5.90 Å². The fraction of sp³-hybridized carbons (Fsp3) is 0.154. The van der Waals surface area contributed by atoms with Crippen LogP contribution in [0.2, 0.25) is 0 Å². The van der Waals surface area contributed by atoms with E-state index in [4.69, 9.17) is 10.6 Å². The first kappa shape index (κ1) is 14.8. The molecule has 0 aromatic heterocycles. The van der Waals surface area contributed by atoms with Gasteiger partial charge in [-0.15, -0.1) is 0 Å². The molecule has 0 radical (unpaired) electrons. The van der Waals surface area contributed by atoms with Crippen LogP contribution in [0.25, 0.3) is 0 Å². The molecule has 0 amide bonds. The van der Waals surface area contributed by atoms with Crippen LogP contribution in [-0.2, 0) is 0 Å². The van der Waals surface area contributed by atoms with E-state index in [1.165, 1.54) is 19.2 Å². The van der Waals surface area contributed by atoms with E-state index in [0.717, 1.165) is 12.1 Å². The van der Waals surface area contributed by atoms with Crippen molar-refractivity contribution in [3.8, 4) is 5.75 Å². The lowest BCUT2D eigenvalue weighted by Crippen LogP contribution is -2.21. The Kier molecular flexibility index (Phi) is 5.20. The summed E-state index contributed by atoms with van der Waals surface area (Å²) in [5, 5.41) is 0. The van der Waals surface area contributed by atoms with Crippen LogP contribution in [0.3, 0.4) is 0 Å². The van der Waals surface area contributed by atoms with Gasteiger partial charge in [0.15, 0.2) is 11.6 Å². The normalized spacial score (nSPS) is 12.3. The SMILES string of the molecule is C=C(NN)/C(C)=C\C(=N/C)Oc1c(F)cccc1F. The zero-order valence-electron chi connectivity index (χ0n) is 10.7. The van der Waals surface area contributed by atoms with E-state index < -0.39 is 17.4 Å². The van der Waals surface area contributed by atoms with Crippen LogP contribution in [0.5, 0.6) is 5.75 Å². The summed E-state index contributed by atoms with van der Waals surface area (Å²) in [5.41, 5.74) is 3.43. The van der Waals surface area contributed by atoms with Gasteiger partial charge in [0.05, 0.1) is 0 Å². The number of aliphatic imine (C=N–C) groups is 1. The first-order valence-electron chi connectivity index (χ1n) is 5.42. The number of ether oxygens (including phenoxy) is 1. The molecule has 1 aromatic rings. The number of nitrogens with zero attached hydrogens (tertiary/aromatic N) is 1. The number of hydrazine groups is 1. The largest absolute Gasteiger partial charge is 0.433 e. The van der Waals surface area contributed by atoms with Gasteiger partial charge in [0.1, 0.15) is 0 Å². The third kappa shape index (κ3) is 3.89. The summed E-state index contributed by atoms with van der Waals surface area (Å²) >= 11 is 0. The second-order valence-corrected chi connectivity index (χ2v) is 3.66. The van der Waals surface area contributed by atoms with Crippen molar-refractivity contribution in [2.75, 3.05) is 7.05 Å². The quantitative estimate of drug-likeness (QED) is 0.289. The smallest absolute Gasteiger partial charge is 0.215 e. The van der Waals surface area contributed by atoms with Crippen LogP contribution < -0.4 is 16.0 Å². The van der Waals surface area contributed by atoms with Gasteiger partial charge in [0, 0.05) is 18.8 Å². The van der Waals surface area contributed by atoms with E-state index >= 15 is 0 Å². The van der Waals surface area contributed by atoms with Gasteiger partial charge in [-0.2, -0.15) is 0 Å². The molecular formula is C13H15F2N3O. The molecule has 3 N–H and O–H groups in total. The molecule has 1 aromatic carbocycles. The molecule has 0 saturated heterocycles. The Balaban J connectivity index is 2.99. The summed E-state index contributed by atoms with van der Waals surface area (Å²) < 4.78 is 31.9. The molecule has 0 bridgehead atoms. The van der Waals surface area contributed by atoms with Crippen LogP contribution in [-0.4, -0.2) is 12.9 Å². The van der Waals surface area contributed by atoms with Gasteiger partial charge in [-0.1, -0.05) is 12.6 Å². The maximum absolute atomic E-state index is 13.4. The maximum Gasteiger partial charge on any atom is 0.215 e. The zero-order chi connectivity index (χ0) is 14.4. The van der Waals surface area contributed by atoms with Gasteiger partial charge in [0.2, 0.25) is 11.6 Å². The topological polar surface area (TPSA) is 59.6 Å². The Morgan fingerprint density at radius 3 is 2.47 bits per heavy atom. The average Bonchev–Trinajstić information content (AvgIpc) is 2.40. The third-order valence-corrected chi connectivity index (χ3v) is 2.34. The Morgan fingerprint density at radius 2 is 2.00 bits per heavy atom. The van der Waals surface area contributed by atoms with Crippen molar-refractivity contribution in [2.24, 2.45) is 10.8 Å². The average molecular weight is 267 g/mol. The lowest BCUT2D eigenvalue weighted by molar-refractivity contribution is 0.448. The van der Waals surface area contributed by atoms with E-state index in [2.05, 4.69) is 17.0 Å². The number of rotatable bonds is 4. The van der Waals surface area contributed by atoms with Crippen LogP contribution in [0.15, 0.2) is 47.1 Å². The molecule has 0 heterocycles. The van der Waals surface area contributed by atoms with Crippen LogP contribution in [0, 0.1) is 11.6 Å². The minimum absolute atomic E-state index is 0.0397. The number of hydrogen-bond donors (Lipinski definition) is 2. The van der Waals surface area contributed by atoms with E-state index in [9.17, 15) is 8.78 Å². The van der Waals surface area contributed by atoms with Crippen molar-refractivity contribution in [3.63, 3.8) is 0 Å². The number of para-hydroxylation sites is 1. The lowest BCUT2D eigenvalue weighted by Gasteiger charge is -2.09. The first-order chi connectivity index (χ1) is 8.99. The summed E-state index contributed by atoms with van der Waals surface area (Å²) in [5.74, 6) is 3.13. The Hall–Kier alpha value is -2.21. The van der Waals surface area contributed by atoms with Gasteiger partial charge >= 0.3 is 0 Å². The van der Waals surface area contributed by atoms with Crippen LogP contribution in [0.1, 0.15) is 6.92 Å². The van der Waals surface area contributed by atoms with Gasteiger partial charge in [-0.25, -0.2) is 8.78 Å². The molecule has 4 nitrogen and oxygen atoms in total. The van der Waals surface area contributed by atoms with Crippen molar-refractivity contribution in [1.82, 2.24) is 5.43 Å². The summed E-state index contributed by atoms with van der Waals surface area (Å²) in [6, 6.07) is 3.45. The molecule has 0 atom stereocenters. The van der Waals surface area contributed by atoms with Crippen molar-refractivity contribution < 1.29 is 13.5 Å². The molecule has 0 spiro atoms. The highest BCUT2D eigenvalue weighted by atomic mass is 19.1. The molecule has 0 unspecified atom stereocenters. The van der Waals surface area contributed by atoms with E-state index in [1.807, 2.05) is 0 Å². The lowest BCUT2D eigenvalue weighted by atomic mass is 10.2. The number of nitrogens with one attached hydrogen (secondary N) is 1. The molecule has 0 fully saturated rings. The number of halogens is 2. The van der Waals surface area contributed by atoms with Crippen LogP contribution >= 0.6 is 0 Å². The summed E-state index contributed by atoms with van der Waals surface area (Å²) in [6.07, 6.45) is 1.47.